The predicted molar refractivity (Wildman–Crippen MR) is 521 cm³/mol. The van der Waals surface area contributed by atoms with Gasteiger partial charge in [0.1, 0.15) is 34.0 Å². The van der Waals surface area contributed by atoms with Gasteiger partial charge in [0.2, 0.25) is 40.0 Å². The number of aliphatic hydroxyl groups is 1. The summed E-state index contributed by atoms with van der Waals surface area (Å²) in [6.45, 7) is 48.1. The van der Waals surface area contributed by atoms with Crippen LogP contribution < -0.4 is 42.6 Å². The third-order valence-corrected chi connectivity index (χ3v) is 33.5. The number of carbonyl (C=O) groups excluding carboxylic acids is 5. The number of Topliss-reactive ketones (excluding diaryl/α,β-unsaturated/α-hetero) is 5. The molecule has 0 aliphatic heterocycles. The lowest BCUT2D eigenvalue weighted by Crippen LogP contribution is -2.48. The molecule has 0 saturated heterocycles. The Morgan fingerprint density at radius 1 is 0.336 bits per heavy atom. The fourth-order valence-corrected chi connectivity index (χ4v) is 26.5. The highest BCUT2D eigenvalue weighted by Crippen LogP contribution is 2.60. The predicted octanol–water partition coefficient (Wildman–Crippen LogP) is 20.4. The van der Waals surface area contributed by atoms with Crippen molar-refractivity contribution in [1.29, 1.82) is 0 Å². The number of hydrogen-bond acceptors (Lipinski definition) is 29. The lowest BCUT2D eigenvalue weighted by atomic mass is 9.55. The number of hydrogen-bond donors (Lipinski definition) is 1. The highest BCUT2D eigenvalue weighted by Gasteiger charge is 2.58. The second-order valence-corrected chi connectivity index (χ2v) is 41.3. The number of aromatic nitrogens is 13. The van der Waals surface area contributed by atoms with Gasteiger partial charge in [-0.1, -0.05) is 107 Å². The number of aliphatic hydroxyl groups excluding tert-OH is 1. The van der Waals surface area contributed by atoms with Crippen LogP contribution in [-0.2, 0) is 101 Å². The van der Waals surface area contributed by atoms with Crippen LogP contribution in [0.5, 0.6) is 53.4 Å². The summed E-state index contributed by atoms with van der Waals surface area (Å²) in [4.78, 5) is 115. The fourth-order valence-electron chi connectivity index (χ4n) is 25.9. The zero-order valence-corrected chi connectivity index (χ0v) is 85.8. The molecule has 29 nitrogen and oxygen atoms in total. The SMILES string of the molecule is C.CCOc1nc(Cl)nc2c1CC[C@H]1[C@H](C)C(=O)CC[C@]21C.CCOc1nc(OCC)c2c(n1)[C@@]1(C)C/C(=C/O)C(=O)[C@@H](C)[C@@H]1CC2.CCOc1nc(OCC)c2c(n1)[C@@]1(C)CCC(=O)[C@@H](C)[C@@H]1CC2.CCOc1nc(OCC)c2c(n1)[C@@]1(C)CCC(=O)[C@@H](C)[C@@H]1CC2.CCOc1nc(OCC)c2c(n1)[C@@]1(C)Cc3cnoc3[C@@H](C)[C@@H]1CC2.C[C@@H]1C(=O)CC[C@]2(C)c3nc(Cl)nc(Cl)c3CC[C@@H]12. The number of ketones is 5. The number of nitrogens with zero attached hydrogens (tertiary/aromatic N) is 13. The fraction of sp³-hybridized carbons (Fsp3) is 0.676. The molecule has 7 heterocycles. The van der Waals surface area contributed by atoms with Crippen LogP contribution in [-0.4, -0.2) is 158 Å². The number of fused-ring (bicyclic) bond motifs is 19. The van der Waals surface area contributed by atoms with Crippen molar-refractivity contribution < 1.29 is 76.2 Å². The smallest absolute Gasteiger partial charge is 0.319 e. The van der Waals surface area contributed by atoms with Gasteiger partial charge >= 0.3 is 24.0 Å². The summed E-state index contributed by atoms with van der Waals surface area (Å²) < 4.78 is 56.6. The van der Waals surface area contributed by atoms with Crippen LogP contribution in [0.25, 0.3) is 0 Å². The number of rotatable bonds is 18. The Hall–Kier alpha value is -9.35. The average Bonchev–Trinajstić information content (AvgIpc) is 1.22. The van der Waals surface area contributed by atoms with Crippen LogP contribution in [0.1, 0.15) is 334 Å². The van der Waals surface area contributed by atoms with E-state index in [4.69, 9.17) is 102 Å². The molecule has 0 aromatic carbocycles. The van der Waals surface area contributed by atoms with Crippen LogP contribution in [0.2, 0.25) is 15.7 Å². The largest absolute Gasteiger partial charge is 0.515 e. The molecule has 0 amide bonds. The lowest BCUT2D eigenvalue weighted by Gasteiger charge is -2.48. The normalized spacial score (nSPS) is 29.9. The summed E-state index contributed by atoms with van der Waals surface area (Å²) in [7, 11) is 0. The van der Waals surface area contributed by atoms with Gasteiger partial charge in [-0.15, -0.1) is 0 Å². The van der Waals surface area contributed by atoms with Gasteiger partial charge in [0.25, 0.3) is 0 Å². The third kappa shape index (κ3) is 20.0. The Labute approximate surface area is 823 Å². The molecule has 137 heavy (non-hydrogen) atoms. The van der Waals surface area contributed by atoms with Crippen LogP contribution >= 0.6 is 34.8 Å². The molecule has 12 aliphatic carbocycles. The number of carbonyl (C=O) groups is 5. The molecule has 1 N–H and O–H groups in total. The topological polar surface area (TPSA) is 369 Å². The summed E-state index contributed by atoms with van der Waals surface area (Å²) in [6.07, 6.45) is 21.1. The monoisotopic (exact) mass is 1950 g/mol. The molecule has 0 spiro atoms. The summed E-state index contributed by atoms with van der Waals surface area (Å²) in [6, 6.07) is 1.50. The highest BCUT2D eigenvalue weighted by atomic mass is 35.5. The molecule has 32 heteroatoms. The molecule has 0 radical (unpaired) electrons. The van der Waals surface area contributed by atoms with Crippen molar-refractivity contribution in [2.45, 2.75) is 332 Å². The Balaban J connectivity index is 0.000000139. The molecule has 7 aromatic heterocycles. The van der Waals surface area contributed by atoms with Gasteiger partial charge in [-0.05, 0) is 237 Å². The summed E-state index contributed by atoms with van der Waals surface area (Å²) in [5.74, 6) is 8.37. The van der Waals surface area contributed by atoms with Gasteiger partial charge in [-0.25, -0.2) is 15.0 Å². The molecule has 18 atom stereocenters. The van der Waals surface area contributed by atoms with Crippen LogP contribution in [0.3, 0.4) is 0 Å². The van der Waals surface area contributed by atoms with Crippen molar-refractivity contribution in [1.82, 2.24) is 65.0 Å². The maximum atomic E-state index is 12.5. The van der Waals surface area contributed by atoms with Gasteiger partial charge < -0.3 is 52.3 Å². The zero-order valence-electron chi connectivity index (χ0n) is 83.5. The van der Waals surface area contributed by atoms with E-state index in [1.54, 1.807) is 0 Å². The van der Waals surface area contributed by atoms with Crippen LogP contribution in [0, 0.1) is 65.1 Å². The van der Waals surface area contributed by atoms with Crippen molar-refractivity contribution in [2.75, 3.05) is 59.5 Å². The van der Waals surface area contributed by atoms with Crippen molar-refractivity contribution in [3.8, 4) is 53.4 Å². The van der Waals surface area contributed by atoms with E-state index in [1.807, 2.05) is 82.4 Å². The highest BCUT2D eigenvalue weighted by molar-refractivity contribution is 6.32. The first-order valence-corrected chi connectivity index (χ1v) is 51.1. The number of halogens is 3. The molecule has 0 unspecified atom stereocenters. The zero-order chi connectivity index (χ0) is 98.0. The average molecular weight is 1950 g/mol. The van der Waals surface area contributed by atoms with Gasteiger partial charge in [0, 0.05) is 138 Å². The first-order valence-electron chi connectivity index (χ1n) is 50.0. The second-order valence-electron chi connectivity index (χ2n) is 40.2. The number of ether oxygens (including phenoxy) is 9. The molecule has 5 saturated carbocycles. The van der Waals surface area contributed by atoms with E-state index in [0.717, 1.165) is 189 Å². The second kappa shape index (κ2) is 43.4. The molecular formula is C105H144Cl3N13O16. The van der Waals surface area contributed by atoms with Gasteiger partial charge in [0.15, 0.2) is 5.78 Å². The molecule has 7 aromatic rings. The maximum Gasteiger partial charge on any atom is 0.319 e. The Morgan fingerprint density at radius 2 is 0.599 bits per heavy atom. The minimum atomic E-state index is -0.351. The molecule has 0 bridgehead atoms. The summed E-state index contributed by atoms with van der Waals surface area (Å²) >= 11 is 18.3. The van der Waals surface area contributed by atoms with Crippen LogP contribution in [0.15, 0.2) is 22.6 Å². The lowest BCUT2D eigenvalue weighted by molar-refractivity contribution is -0.129. The molecule has 5 fully saturated rings. The van der Waals surface area contributed by atoms with E-state index in [1.165, 1.54) is 5.56 Å². The van der Waals surface area contributed by atoms with Crippen molar-refractivity contribution in [3.05, 3.63) is 113 Å². The van der Waals surface area contributed by atoms with E-state index in [-0.39, 0.29) is 91.8 Å². The van der Waals surface area contributed by atoms with Crippen molar-refractivity contribution in [2.24, 2.45) is 65.1 Å². The van der Waals surface area contributed by atoms with E-state index in [2.05, 4.69) is 114 Å². The van der Waals surface area contributed by atoms with Gasteiger partial charge in [-0.3, -0.25) is 24.0 Å². The number of allylic oxidation sites excluding steroid dienone is 1. The van der Waals surface area contributed by atoms with Gasteiger partial charge in [0.05, 0.1) is 106 Å². The van der Waals surface area contributed by atoms with Crippen LogP contribution in [0.4, 0.5) is 0 Å². The molecule has 12 aliphatic rings. The Morgan fingerprint density at radius 3 is 0.912 bits per heavy atom. The molecule has 19 rings (SSSR count). The van der Waals surface area contributed by atoms with E-state index in [9.17, 15) is 29.1 Å². The van der Waals surface area contributed by atoms with E-state index >= 15 is 0 Å². The van der Waals surface area contributed by atoms with Crippen molar-refractivity contribution >= 4 is 63.7 Å². The first kappa shape index (κ1) is 105. The van der Waals surface area contributed by atoms with Gasteiger partial charge in [-0.2, -0.15) is 44.9 Å². The van der Waals surface area contributed by atoms with E-state index in [0.29, 0.717) is 214 Å². The first-order chi connectivity index (χ1) is 65.0. The molecular weight excluding hydrogens is 1810 g/mol. The minimum absolute atomic E-state index is 0. The Kier molecular flexibility index (Phi) is 33.3. The summed E-state index contributed by atoms with van der Waals surface area (Å²) in [5, 5.41) is 14.5. The molecule has 746 valence electrons. The van der Waals surface area contributed by atoms with Crippen molar-refractivity contribution in [3.63, 3.8) is 0 Å². The Bertz CT molecular complexity index is 5520. The maximum absolute atomic E-state index is 12.5. The summed E-state index contributed by atoms with van der Waals surface area (Å²) in [5.41, 5.74) is 13.3. The third-order valence-electron chi connectivity index (χ3n) is 32.9. The van der Waals surface area contributed by atoms with E-state index < -0.39 is 0 Å². The minimum Gasteiger partial charge on any atom is -0.515 e. The quantitative estimate of drug-likeness (QED) is 0.0361. The standard InChI is InChI=1S/C19H25N3O3.C19H26N2O4.2C18H26N2O3.C16H21ClN2O2.C14H16Cl2N2O.CH4/c1-5-23-17-13-7-8-14-11(3)15-12(10-20-25-15)9-19(14,4)16(13)21-18(22-17)24-6-2;1-5-24-17-13-7-8-14-11(3)15(23)12(10-22)9-19(14,4)16(13)20-18(21-17)25-6-2;2*1-5-22-16-12-7-8-13-11(3)14(21)9-10-18(13,4)15(12)19-17(20-16)23-6-2;1-4-21-14-10-5-6-11-9(2)12(20)7-8-16(11,3)13(10)18-15(17)19-14;1-7-9-4-3-8-11(17-13(16)18-12(8)15)14(9,2)6-5-10(7)19;/h10-11,14H,5-9H2,1-4H3;10-11,14,22H,5-9H2,1-4H3;2*11,13H,5-10H2,1-4H3;9,11H,4-8H2,1-3H3;7,9H,3-6H2,1-2H3;1H4/b;12-10-;;;;;/t2*11-,14-,19-;2*11-,13-,18-;9-,11-,16-;7-,9-,14-;/m000000./s1.